The highest BCUT2D eigenvalue weighted by Crippen LogP contribution is 2.27. The first kappa shape index (κ1) is 22.2. The van der Waals surface area contributed by atoms with Crippen LogP contribution in [0.2, 0.25) is 5.02 Å². The molecule has 2 N–H and O–H groups in total. The Bertz CT molecular complexity index is 914. The number of hydrogen-bond donors (Lipinski definition) is 2. The maximum absolute atomic E-state index is 12.0. The van der Waals surface area contributed by atoms with E-state index in [1.54, 1.807) is 18.2 Å². The molecule has 0 saturated carbocycles. The van der Waals surface area contributed by atoms with E-state index in [9.17, 15) is 14.4 Å². The van der Waals surface area contributed by atoms with Crippen molar-refractivity contribution in [2.24, 2.45) is 0 Å². The van der Waals surface area contributed by atoms with Crippen molar-refractivity contribution in [2.45, 2.75) is 26.7 Å². The van der Waals surface area contributed by atoms with Crippen LogP contribution < -0.4 is 15.4 Å². The molecule has 0 spiro atoms. The summed E-state index contributed by atoms with van der Waals surface area (Å²) in [7, 11) is 1.47. The molecule has 0 bridgehead atoms. The predicted molar refractivity (Wildman–Crippen MR) is 111 cm³/mol. The smallest absolute Gasteiger partial charge is 0.306 e. The van der Waals surface area contributed by atoms with Gasteiger partial charge < -0.3 is 20.1 Å². The number of esters is 1. The number of nitrogens with one attached hydrogen (secondary N) is 2. The van der Waals surface area contributed by atoms with E-state index in [4.69, 9.17) is 21.1 Å². The molecule has 2 aromatic carbocycles. The van der Waals surface area contributed by atoms with Gasteiger partial charge in [0.15, 0.2) is 6.61 Å². The van der Waals surface area contributed by atoms with Gasteiger partial charge in [0.25, 0.3) is 5.91 Å². The number of anilines is 2. The van der Waals surface area contributed by atoms with Crippen LogP contribution in [0.5, 0.6) is 5.75 Å². The molecule has 2 amide bonds. The number of amides is 2. The summed E-state index contributed by atoms with van der Waals surface area (Å²) in [6.45, 7) is 3.36. The van der Waals surface area contributed by atoms with Crippen LogP contribution in [0.1, 0.15) is 24.0 Å². The van der Waals surface area contributed by atoms with Gasteiger partial charge in [-0.1, -0.05) is 23.7 Å². The van der Waals surface area contributed by atoms with Gasteiger partial charge in [0.2, 0.25) is 5.91 Å². The fourth-order valence-electron chi connectivity index (χ4n) is 2.48. The molecule has 0 radical (unpaired) electrons. The first-order valence-corrected chi connectivity index (χ1v) is 9.32. The Morgan fingerprint density at radius 2 is 1.66 bits per heavy atom. The maximum Gasteiger partial charge on any atom is 0.306 e. The van der Waals surface area contributed by atoms with Crippen LogP contribution in [0.15, 0.2) is 36.4 Å². The molecule has 29 heavy (non-hydrogen) atoms. The molecule has 0 atom stereocenters. The van der Waals surface area contributed by atoms with Gasteiger partial charge in [-0.05, 0) is 49.2 Å². The van der Waals surface area contributed by atoms with Crippen LogP contribution in [0, 0.1) is 13.8 Å². The Balaban J connectivity index is 1.76. The van der Waals surface area contributed by atoms with E-state index >= 15 is 0 Å². The van der Waals surface area contributed by atoms with Gasteiger partial charge in [-0.15, -0.1) is 0 Å². The first-order valence-electron chi connectivity index (χ1n) is 8.94. The number of benzene rings is 2. The second kappa shape index (κ2) is 10.5. The second-order valence-corrected chi connectivity index (χ2v) is 6.86. The van der Waals surface area contributed by atoms with Crippen molar-refractivity contribution in [2.75, 3.05) is 24.4 Å². The maximum atomic E-state index is 12.0. The highest BCUT2D eigenvalue weighted by Gasteiger charge is 2.13. The van der Waals surface area contributed by atoms with Crippen molar-refractivity contribution in [3.05, 3.63) is 52.5 Å². The summed E-state index contributed by atoms with van der Waals surface area (Å²) in [5, 5.41) is 5.77. The Morgan fingerprint density at radius 1 is 0.931 bits per heavy atom. The molecule has 8 heteroatoms. The van der Waals surface area contributed by atoms with Crippen LogP contribution in [0.4, 0.5) is 11.4 Å². The summed E-state index contributed by atoms with van der Waals surface area (Å²) in [4.78, 5) is 35.8. The Morgan fingerprint density at radius 3 is 2.38 bits per heavy atom. The normalized spacial score (nSPS) is 10.2. The Labute approximate surface area is 174 Å². The summed E-state index contributed by atoms with van der Waals surface area (Å²) < 4.78 is 10.1. The molecule has 0 aliphatic rings. The molecule has 0 heterocycles. The monoisotopic (exact) mass is 418 g/mol. The van der Waals surface area contributed by atoms with Crippen LogP contribution >= 0.6 is 11.6 Å². The third kappa shape index (κ3) is 7.12. The van der Waals surface area contributed by atoms with Gasteiger partial charge in [-0.3, -0.25) is 14.4 Å². The minimum Gasteiger partial charge on any atom is -0.495 e. The number of hydrogen-bond acceptors (Lipinski definition) is 5. The van der Waals surface area contributed by atoms with Gasteiger partial charge in [0, 0.05) is 17.1 Å². The van der Waals surface area contributed by atoms with E-state index in [2.05, 4.69) is 10.6 Å². The van der Waals surface area contributed by atoms with Crippen LogP contribution in [-0.2, 0) is 19.1 Å². The molecule has 0 fully saturated rings. The van der Waals surface area contributed by atoms with Gasteiger partial charge in [0.05, 0.1) is 19.2 Å². The second-order valence-electron chi connectivity index (χ2n) is 6.42. The molecule has 2 rings (SSSR count). The summed E-state index contributed by atoms with van der Waals surface area (Å²) in [6.07, 6.45) is -0.265. The molecular formula is C21H23ClN2O5. The van der Waals surface area contributed by atoms with Crippen molar-refractivity contribution < 1.29 is 23.9 Å². The van der Waals surface area contributed by atoms with Crippen molar-refractivity contribution in [1.29, 1.82) is 0 Å². The molecule has 0 unspecified atom stereocenters. The number of rotatable bonds is 8. The SMILES string of the molecule is COc1ccc(Cl)cc1NC(=O)CCC(=O)OCC(=O)Nc1cc(C)ccc1C. The van der Waals surface area contributed by atoms with Crippen molar-refractivity contribution in [3.8, 4) is 5.75 Å². The average molecular weight is 419 g/mol. The largest absolute Gasteiger partial charge is 0.495 e. The van der Waals surface area contributed by atoms with Gasteiger partial charge in [-0.2, -0.15) is 0 Å². The first-order chi connectivity index (χ1) is 13.8. The molecule has 154 valence electrons. The lowest BCUT2D eigenvalue weighted by atomic mass is 10.1. The van der Waals surface area contributed by atoms with E-state index < -0.39 is 24.4 Å². The van der Waals surface area contributed by atoms with Gasteiger partial charge >= 0.3 is 5.97 Å². The predicted octanol–water partition coefficient (Wildman–Crippen LogP) is 3.87. The zero-order valence-corrected chi connectivity index (χ0v) is 17.3. The van der Waals surface area contributed by atoms with Crippen molar-refractivity contribution in [3.63, 3.8) is 0 Å². The van der Waals surface area contributed by atoms with E-state index in [1.807, 2.05) is 32.0 Å². The van der Waals surface area contributed by atoms with Crippen LogP contribution in [-0.4, -0.2) is 31.5 Å². The average Bonchev–Trinajstić information content (AvgIpc) is 2.68. The topological polar surface area (TPSA) is 93.7 Å². The fraction of sp³-hybridized carbons (Fsp3) is 0.286. The third-order valence-electron chi connectivity index (χ3n) is 4.02. The number of carbonyl (C=O) groups is 3. The number of methoxy groups -OCH3 is 1. The summed E-state index contributed by atoms with van der Waals surface area (Å²) in [6, 6.07) is 10.5. The van der Waals surface area contributed by atoms with Crippen LogP contribution in [0.25, 0.3) is 0 Å². The summed E-state index contributed by atoms with van der Waals surface area (Å²) in [5.41, 5.74) is 2.99. The molecule has 7 nitrogen and oxygen atoms in total. The quantitative estimate of drug-likeness (QED) is 0.635. The molecule has 0 saturated heterocycles. The highest BCUT2D eigenvalue weighted by atomic mass is 35.5. The van der Waals surface area contributed by atoms with Crippen LogP contribution in [0.3, 0.4) is 0 Å². The zero-order chi connectivity index (χ0) is 21.4. The third-order valence-corrected chi connectivity index (χ3v) is 4.26. The lowest BCUT2D eigenvalue weighted by Crippen LogP contribution is -2.22. The van der Waals surface area contributed by atoms with Gasteiger partial charge in [0.1, 0.15) is 5.75 Å². The molecule has 2 aromatic rings. The number of halogens is 1. The van der Waals surface area contributed by atoms with Crippen molar-refractivity contribution >= 4 is 40.8 Å². The van der Waals surface area contributed by atoms with Gasteiger partial charge in [-0.25, -0.2) is 0 Å². The fourth-order valence-corrected chi connectivity index (χ4v) is 2.65. The van der Waals surface area contributed by atoms with E-state index in [0.717, 1.165) is 11.1 Å². The zero-order valence-electron chi connectivity index (χ0n) is 16.5. The number of ether oxygens (including phenoxy) is 2. The summed E-state index contributed by atoms with van der Waals surface area (Å²) >= 11 is 5.91. The standard InChI is InChI=1S/C21H23ClN2O5/c1-13-4-5-14(2)16(10-13)23-20(26)12-29-21(27)9-8-19(25)24-17-11-15(22)6-7-18(17)28-3/h4-7,10-11H,8-9,12H2,1-3H3,(H,23,26)(H,24,25). The number of carbonyl (C=O) groups excluding carboxylic acids is 3. The lowest BCUT2D eigenvalue weighted by Gasteiger charge is -2.11. The molecule has 0 aliphatic carbocycles. The number of aryl methyl sites for hydroxylation is 2. The van der Waals surface area contributed by atoms with E-state index in [1.165, 1.54) is 7.11 Å². The summed E-state index contributed by atoms with van der Waals surface area (Å²) in [5.74, 6) is -1.04. The minimum atomic E-state index is -0.644. The van der Waals surface area contributed by atoms with E-state index in [-0.39, 0.29) is 12.8 Å². The highest BCUT2D eigenvalue weighted by molar-refractivity contribution is 6.31. The Kier molecular flexibility index (Phi) is 8.03. The van der Waals surface area contributed by atoms with E-state index in [0.29, 0.717) is 22.1 Å². The Hall–Kier alpha value is -3.06. The molecular weight excluding hydrogens is 396 g/mol. The molecule has 0 aromatic heterocycles. The lowest BCUT2D eigenvalue weighted by molar-refractivity contribution is -0.147. The molecule has 0 aliphatic heterocycles. The van der Waals surface area contributed by atoms with Crippen molar-refractivity contribution in [1.82, 2.24) is 0 Å². The minimum absolute atomic E-state index is 0.104.